The van der Waals surface area contributed by atoms with Crippen molar-refractivity contribution in [3.63, 3.8) is 0 Å². The number of aromatic nitrogens is 3. The molecule has 0 aliphatic carbocycles. The summed E-state index contributed by atoms with van der Waals surface area (Å²) in [6.07, 6.45) is 2.85. The Morgan fingerprint density at radius 3 is 2.88 bits per heavy atom. The van der Waals surface area contributed by atoms with Crippen LogP contribution in [0.1, 0.15) is 18.9 Å². The largest absolute Gasteiger partial charge is 0.399 e. The topological polar surface area (TPSA) is 56.7 Å². The molecule has 1 aromatic carbocycles. The van der Waals surface area contributed by atoms with Crippen LogP contribution in [0.2, 0.25) is 0 Å². The fourth-order valence-corrected chi connectivity index (χ4v) is 1.82. The predicted octanol–water partition coefficient (Wildman–Crippen LogP) is 2.25. The van der Waals surface area contributed by atoms with Crippen molar-refractivity contribution in [2.45, 2.75) is 26.8 Å². The highest BCUT2D eigenvalue weighted by Crippen LogP contribution is 2.24. The Kier molecular flexibility index (Phi) is 2.90. The molecule has 0 fully saturated rings. The van der Waals surface area contributed by atoms with E-state index in [0.29, 0.717) is 0 Å². The fourth-order valence-electron chi connectivity index (χ4n) is 1.82. The van der Waals surface area contributed by atoms with Crippen molar-refractivity contribution in [3.05, 3.63) is 30.0 Å². The Balaban J connectivity index is 2.46. The van der Waals surface area contributed by atoms with Crippen LogP contribution in [0, 0.1) is 6.92 Å². The van der Waals surface area contributed by atoms with Crippen LogP contribution in [0.4, 0.5) is 5.69 Å². The van der Waals surface area contributed by atoms with Crippen molar-refractivity contribution in [1.82, 2.24) is 15.0 Å². The number of benzene rings is 1. The van der Waals surface area contributed by atoms with Crippen LogP contribution in [-0.2, 0) is 6.54 Å². The van der Waals surface area contributed by atoms with E-state index in [9.17, 15) is 0 Å². The predicted molar refractivity (Wildman–Crippen MR) is 64.9 cm³/mol. The number of nitrogens with two attached hydrogens (primary N) is 1. The number of rotatable bonds is 3. The van der Waals surface area contributed by atoms with Gasteiger partial charge in [0.2, 0.25) is 0 Å². The number of nitrogen functional groups attached to an aromatic ring is 1. The molecule has 84 valence electrons. The molecule has 0 bridgehead atoms. The second-order valence-corrected chi connectivity index (χ2v) is 3.92. The van der Waals surface area contributed by atoms with Gasteiger partial charge in [-0.05, 0) is 31.0 Å². The fraction of sp³-hybridized carbons (Fsp3) is 0.333. The van der Waals surface area contributed by atoms with E-state index in [1.54, 1.807) is 6.20 Å². The van der Waals surface area contributed by atoms with Gasteiger partial charge in [0, 0.05) is 17.8 Å². The molecule has 4 nitrogen and oxygen atoms in total. The Morgan fingerprint density at radius 1 is 1.38 bits per heavy atom. The minimum atomic E-state index is 0.788. The number of hydrogen-bond acceptors (Lipinski definition) is 3. The molecule has 0 saturated carbocycles. The molecule has 16 heavy (non-hydrogen) atoms. The summed E-state index contributed by atoms with van der Waals surface area (Å²) in [5.74, 6) is 0. The molecule has 0 amide bonds. The summed E-state index contributed by atoms with van der Waals surface area (Å²) >= 11 is 0. The normalized spacial score (nSPS) is 10.6. The number of aryl methyl sites for hydroxylation is 2. The average Bonchev–Trinajstić information content (AvgIpc) is 2.67. The molecule has 0 aliphatic rings. The minimum Gasteiger partial charge on any atom is -0.399 e. The number of hydrogen-bond donors (Lipinski definition) is 1. The third-order valence-corrected chi connectivity index (χ3v) is 2.58. The summed E-state index contributed by atoms with van der Waals surface area (Å²) in [7, 11) is 0. The highest BCUT2D eigenvalue weighted by molar-refractivity contribution is 5.66. The van der Waals surface area contributed by atoms with Gasteiger partial charge in [-0.1, -0.05) is 18.2 Å². The highest BCUT2D eigenvalue weighted by Gasteiger charge is 2.08. The van der Waals surface area contributed by atoms with Crippen LogP contribution >= 0.6 is 0 Å². The van der Waals surface area contributed by atoms with E-state index in [0.717, 1.165) is 35.5 Å². The molecule has 4 heteroatoms. The summed E-state index contributed by atoms with van der Waals surface area (Å²) in [6, 6.07) is 5.90. The van der Waals surface area contributed by atoms with Crippen molar-refractivity contribution in [2.24, 2.45) is 0 Å². The summed E-state index contributed by atoms with van der Waals surface area (Å²) < 4.78 is 1.93. The maximum atomic E-state index is 5.74. The molecule has 0 atom stereocenters. The smallest absolute Gasteiger partial charge is 0.0888 e. The van der Waals surface area contributed by atoms with Gasteiger partial charge in [0.15, 0.2) is 0 Å². The van der Waals surface area contributed by atoms with Crippen LogP contribution in [0.5, 0.6) is 0 Å². The first kappa shape index (κ1) is 10.7. The molecule has 0 saturated heterocycles. The van der Waals surface area contributed by atoms with E-state index in [2.05, 4.69) is 24.2 Å². The van der Waals surface area contributed by atoms with Crippen molar-refractivity contribution < 1.29 is 0 Å². The molecule has 1 aromatic heterocycles. The molecular formula is C12H16N4. The molecule has 0 aliphatic heterocycles. The number of anilines is 1. The molecule has 2 aromatic rings. The first-order chi connectivity index (χ1) is 7.72. The van der Waals surface area contributed by atoms with E-state index >= 15 is 0 Å². The van der Waals surface area contributed by atoms with Crippen molar-refractivity contribution in [3.8, 4) is 11.3 Å². The third-order valence-electron chi connectivity index (χ3n) is 2.58. The van der Waals surface area contributed by atoms with Gasteiger partial charge in [-0.2, -0.15) is 0 Å². The Morgan fingerprint density at radius 2 is 2.19 bits per heavy atom. The monoisotopic (exact) mass is 216 g/mol. The summed E-state index contributed by atoms with van der Waals surface area (Å²) in [5, 5.41) is 8.04. The van der Waals surface area contributed by atoms with Gasteiger partial charge in [-0.25, -0.2) is 4.68 Å². The molecule has 0 spiro atoms. The summed E-state index contributed by atoms with van der Waals surface area (Å²) in [4.78, 5) is 0. The zero-order valence-electron chi connectivity index (χ0n) is 9.64. The van der Waals surface area contributed by atoms with E-state index in [1.165, 1.54) is 0 Å². The Bertz CT molecular complexity index is 488. The molecule has 1 heterocycles. The van der Waals surface area contributed by atoms with Gasteiger partial charge >= 0.3 is 0 Å². The Labute approximate surface area is 95.1 Å². The van der Waals surface area contributed by atoms with Gasteiger partial charge in [-0.15, -0.1) is 5.10 Å². The van der Waals surface area contributed by atoms with Gasteiger partial charge in [-0.3, -0.25) is 0 Å². The lowest BCUT2D eigenvalue weighted by Gasteiger charge is -2.08. The average molecular weight is 216 g/mol. The van der Waals surface area contributed by atoms with Gasteiger partial charge in [0.1, 0.15) is 0 Å². The van der Waals surface area contributed by atoms with Crippen LogP contribution < -0.4 is 5.73 Å². The van der Waals surface area contributed by atoms with Gasteiger partial charge < -0.3 is 5.73 Å². The maximum Gasteiger partial charge on any atom is 0.0888 e. The van der Waals surface area contributed by atoms with Gasteiger partial charge in [0.05, 0.1) is 11.9 Å². The van der Waals surface area contributed by atoms with E-state index in [4.69, 9.17) is 5.73 Å². The summed E-state index contributed by atoms with van der Waals surface area (Å²) in [6.45, 7) is 5.06. The second kappa shape index (κ2) is 4.35. The van der Waals surface area contributed by atoms with E-state index in [1.807, 2.05) is 22.9 Å². The molecule has 2 rings (SSSR count). The first-order valence-electron chi connectivity index (χ1n) is 5.47. The van der Waals surface area contributed by atoms with Crippen molar-refractivity contribution in [1.29, 1.82) is 0 Å². The second-order valence-electron chi connectivity index (χ2n) is 3.92. The number of nitrogens with zero attached hydrogens (tertiary/aromatic N) is 3. The zero-order valence-corrected chi connectivity index (χ0v) is 9.64. The lowest BCUT2D eigenvalue weighted by Crippen LogP contribution is -2.02. The van der Waals surface area contributed by atoms with Crippen LogP contribution in [0.15, 0.2) is 24.4 Å². The third kappa shape index (κ3) is 1.91. The SMILES string of the molecule is CCCn1nncc1-c1ccc(N)cc1C. The Hall–Kier alpha value is -1.84. The molecular weight excluding hydrogens is 200 g/mol. The van der Waals surface area contributed by atoms with E-state index in [-0.39, 0.29) is 0 Å². The standard InChI is InChI=1S/C12H16N4/c1-3-6-16-12(8-14-15-16)11-5-4-10(13)7-9(11)2/h4-5,7-8H,3,6,13H2,1-2H3. The lowest BCUT2D eigenvalue weighted by atomic mass is 10.1. The summed E-state index contributed by atoms with van der Waals surface area (Å²) in [5.41, 5.74) is 9.88. The molecule has 0 unspecified atom stereocenters. The van der Waals surface area contributed by atoms with Crippen LogP contribution in [-0.4, -0.2) is 15.0 Å². The molecule has 2 N–H and O–H groups in total. The highest BCUT2D eigenvalue weighted by atomic mass is 15.4. The van der Waals surface area contributed by atoms with E-state index < -0.39 is 0 Å². The van der Waals surface area contributed by atoms with Crippen molar-refractivity contribution >= 4 is 5.69 Å². The van der Waals surface area contributed by atoms with Crippen molar-refractivity contribution in [2.75, 3.05) is 5.73 Å². The van der Waals surface area contributed by atoms with Crippen LogP contribution in [0.25, 0.3) is 11.3 Å². The zero-order chi connectivity index (χ0) is 11.5. The quantitative estimate of drug-likeness (QED) is 0.800. The van der Waals surface area contributed by atoms with Gasteiger partial charge in [0.25, 0.3) is 0 Å². The maximum absolute atomic E-state index is 5.74. The minimum absolute atomic E-state index is 0.788. The van der Waals surface area contributed by atoms with Crippen LogP contribution in [0.3, 0.4) is 0 Å². The molecule has 0 radical (unpaired) electrons. The lowest BCUT2D eigenvalue weighted by molar-refractivity contribution is 0.584. The first-order valence-corrected chi connectivity index (χ1v) is 5.47.